The van der Waals surface area contributed by atoms with E-state index in [9.17, 15) is 13.2 Å². The van der Waals surface area contributed by atoms with Crippen LogP contribution in [0.4, 0.5) is 0 Å². The molecule has 0 atom stereocenters. The number of nitrogens with zero attached hydrogens (tertiary/aromatic N) is 2. The molecule has 0 aliphatic heterocycles. The zero-order valence-electron chi connectivity index (χ0n) is 18.0. The van der Waals surface area contributed by atoms with Gasteiger partial charge >= 0.3 is 0 Å². The van der Waals surface area contributed by atoms with Gasteiger partial charge in [-0.15, -0.1) is 0 Å². The van der Waals surface area contributed by atoms with Crippen molar-refractivity contribution in [3.8, 4) is 0 Å². The number of benzene rings is 2. The molecule has 0 fully saturated rings. The number of hydrogen-bond donors (Lipinski definition) is 0. The van der Waals surface area contributed by atoms with Crippen LogP contribution in [-0.2, 0) is 28.7 Å². The van der Waals surface area contributed by atoms with E-state index in [4.69, 9.17) is 4.42 Å². The fourth-order valence-electron chi connectivity index (χ4n) is 3.73. The number of sulfone groups is 1. The number of aromatic nitrogens is 1. The van der Waals surface area contributed by atoms with Gasteiger partial charge in [-0.1, -0.05) is 48.5 Å². The summed E-state index contributed by atoms with van der Waals surface area (Å²) in [7, 11) is -3.39. The average Bonchev–Trinajstić information content (AvgIpc) is 3.12. The van der Waals surface area contributed by atoms with Gasteiger partial charge in [0.2, 0.25) is 0 Å². The van der Waals surface area contributed by atoms with Crippen LogP contribution in [0, 0.1) is 6.92 Å². The van der Waals surface area contributed by atoms with Gasteiger partial charge in [-0.25, -0.2) is 8.42 Å². The first-order chi connectivity index (χ1) is 15.3. The second kappa shape index (κ2) is 8.96. The Labute approximate surface area is 187 Å². The Kier molecular flexibility index (Phi) is 6.10. The molecule has 164 valence electrons. The predicted octanol–water partition coefficient (Wildman–Crippen LogP) is 4.52. The maximum atomic E-state index is 13.8. The van der Waals surface area contributed by atoms with Crippen LogP contribution in [0.1, 0.15) is 32.8 Å². The molecule has 1 amide bonds. The summed E-state index contributed by atoms with van der Waals surface area (Å²) in [5.74, 6) is -0.558. The molecule has 6 nitrogen and oxygen atoms in total. The van der Waals surface area contributed by atoms with Crippen LogP contribution >= 0.6 is 0 Å². The third-order valence-electron chi connectivity index (χ3n) is 5.30. The molecule has 0 aliphatic rings. The fourth-order valence-corrected chi connectivity index (χ4v) is 4.54. The lowest BCUT2D eigenvalue weighted by molar-refractivity contribution is 0.0698. The number of furan rings is 1. The summed E-state index contributed by atoms with van der Waals surface area (Å²) < 4.78 is 30.2. The Balaban J connectivity index is 1.79. The van der Waals surface area contributed by atoms with Crippen molar-refractivity contribution in [2.45, 2.75) is 25.8 Å². The van der Waals surface area contributed by atoms with Crippen LogP contribution in [0.5, 0.6) is 0 Å². The zero-order valence-corrected chi connectivity index (χ0v) is 18.8. The molecule has 32 heavy (non-hydrogen) atoms. The smallest absolute Gasteiger partial charge is 0.290 e. The van der Waals surface area contributed by atoms with Gasteiger partial charge in [0.25, 0.3) is 5.91 Å². The average molecular weight is 449 g/mol. The molecule has 0 bridgehead atoms. The first kappa shape index (κ1) is 21.8. The van der Waals surface area contributed by atoms with Gasteiger partial charge in [-0.3, -0.25) is 9.78 Å². The van der Waals surface area contributed by atoms with Crippen molar-refractivity contribution in [1.29, 1.82) is 0 Å². The molecular weight excluding hydrogens is 424 g/mol. The van der Waals surface area contributed by atoms with Crippen LogP contribution in [0.15, 0.2) is 77.5 Å². The second-order valence-electron chi connectivity index (χ2n) is 7.92. The Bertz CT molecular complexity index is 1360. The Hall–Kier alpha value is -3.45. The van der Waals surface area contributed by atoms with Crippen LogP contribution in [0.3, 0.4) is 0 Å². The largest absolute Gasteiger partial charge is 0.451 e. The maximum absolute atomic E-state index is 13.8. The molecule has 0 N–H and O–H groups in total. The molecule has 2 aromatic carbocycles. The minimum atomic E-state index is -3.39. The first-order valence-corrected chi connectivity index (χ1v) is 12.3. The molecule has 0 aliphatic carbocycles. The second-order valence-corrected chi connectivity index (χ2v) is 10.1. The van der Waals surface area contributed by atoms with Crippen molar-refractivity contribution < 1.29 is 17.6 Å². The Morgan fingerprint density at radius 2 is 1.75 bits per heavy atom. The van der Waals surface area contributed by atoms with Crippen molar-refractivity contribution >= 4 is 26.7 Å². The monoisotopic (exact) mass is 448 g/mol. The number of para-hydroxylation sites is 1. The summed E-state index contributed by atoms with van der Waals surface area (Å²) >= 11 is 0. The summed E-state index contributed by atoms with van der Waals surface area (Å²) in [6, 6.07) is 18.7. The lowest BCUT2D eigenvalue weighted by Gasteiger charge is -2.23. The minimum absolute atomic E-state index is 0.0640. The van der Waals surface area contributed by atoms with Gasteiger partial charge in [-0.2, -0.15) is 0 Å². The van der Waals surface area contributed by atoms with Gasteiger partial charge in [0.15, 0.2) is 15.6 Å². The summed E-state index contributed by atoms with van der Waals surface area (Å²) in [5, 5.41) is 0.637. The summed E-state index contributed by atoms with van der Waals surface area (Å²) in [5.41, 5.74) is 3.83. The lowest BCUT2D eigenvalue weighted by atomic mass is 10.1. The SMILES string of the molecule is Cc1ccccc1CN(Cc1cccnc1)C(=O)c1oc2ccccc2c1CS(C)(=O)=O. The molecule has 0 saturated carbocycles. The molecule has 0 radical (unpaired) electrons. The molecule has 0 unspecified atom stereocenters. The van der Waals surface area contributed by atoms with E-state index in [0.717, 1.165) is 22.9 Å². The van der Waals surface area contributed by atoms with Gasteiger partial charge in [0.1, 0.15) is 5.58 Å². The molecule has 2 aromatic heterocycles. The Morgan fingerprint density at radius 1 is 1.00 bits per heavy atom. The van der Waals surface area contributed by atoms with E-state index in [0.29, 0.717) is 29.6 Å². The number of fused-ring (bicyclic) bond motifs is 1. The number of amides is 1. The van der Waals surface area contributed by atoms with Crippen molar-refractivity contribution in [2.75, 3.05) is 6.26 Å². The number of pyridine rings is 1. The highest BCUT2D eigenvalue weighted by atomic mass is 32.2. The van der Waals surface area contributed by atoms with Gasteiger partial charge < -0.3 is 9.32 Å². The number of aryl methyl sites for hydroxylation is 1. The van der Waals surface area contributed by atoms with Gasteiger partial charge in [0, 0.05) is 42.7 Å². The highest BCUT2D eigenvalue weighted by molar-refractivity contribution is 7.89. The summed E-state index contributed by atoms with van der Waals surface area (Å²) in [6.45, 7) is 2.67. The van der Waals surface area contributed by atoms with Crippen LogP contribution < -0.4 is 0 Å². The van der Waals surface area contributed by atoms with E-state index in [1.54, 1.807) is 41.6 Å². The van der Waals surface area contributed by atoms with E-state index in [2.05, 4.69) is 4.98 Å². The third kappa shape index (κ3) is 4.89. The number of rotatable bonds is 7. The molecule has 7 heteroatoms. The van der Waals surface area contributed by atoms with Crippen molar-refractivity contribution in [3.05, 3.63) is 101 Å². The lowest BCUT2D eigenvalue weighted by Crippen LogP contribution is -2.31. The topological polar surface area (TPSA) is 80.5 Å². The molecule has 0 saturated heterocycles. The molecular formula is C25H24N2O4S. The van der Waals surface area contributed by atoms with E-state index >= 15 is 0 Å². The third-order valence-corrected chi connectivity index (χ3v) is 6.12. The van der Waals surface area contributed by atoms with Gasteiger partial charge in [0.05, 0.1) is 5.75 Å². The fraction of sp³-hybridized carbons (Fsp3) is 0.200. The Morgan fingerprint density at radius 3 is 2.47 bits per heavy atom. The highest BCUT2D eigenvalue weighted by Crippen LogP contribution is 2.29. The van der Waals surface area contributed by atoms with E-state index in [1.807, 2.05) is 43.3 Å². The number of carbonyl (C=O) groups is 1. The summed E-state index contributed by atoms with van der Waals surface area (Å²) in [6.07, 6.45) is 4.55. The van der Waals surface area contributed by atoms with Crippen molar-refractivity contribution in [3.63, 3.8) is 0 Å². The predicted molar refractivity (Wildman–Crippen MR) is 124 cm³/mol. The summed E-state index contributed by atoms with van der Waals surface area (Å²) in [4.78, 5) is 19.6. The van der Waals surface area contributed by atoms with E-state index in [1.165, 1.54) is 0 Å². The normalized spacial score (nSPS) is 11.6. The number of carbonyl (C=O) groups excluding carboxylic acids is 1. The van der Waals surface area contributed by atoms with Crippen LogP contribution in [-0.4, -0.2) is 30.5 Å². The van der Waals surface area contributed by atoms with E-state index < -0.39 is 9.84 Å². The minimum Gasteiger partial charge on any atom is -0.451 e. The maximum Gasteiger partial charge on any atom is 0.290 e. The highest BCUT2D eigenvalue weighted by Gasteiger charge is 2.27. The molecule has 2 heterocycles. The van der Waals surface area contributed by atoms with Gasteiger partial charge in [-0.05, 0) is 35.7 Å². The van der Waals surface area contributed by atoms with Crippen LogP contribution in [0.2, 0.25) is 0 Å². The zero-order chi connectivity index (χ0) is 22.7. The van der Waals surface area contributed by atoms with Crippen molar-refractivity contribution in [1.82, 2.24) is 9.88 Å². The molecule has 4 aromatic rings. The standard InChI is InChI=1S/C25H24N2O4S/c1-18-8-3-4-10-20(18)16-27(15-19-9-7-13-26-14-19)25(28)24-22(17-32(2,29)30)21-11-5-6-12-23(21)31-24/h3-14H,15-17H2,1-2H3. The van der Waals surface area contributed by atoms with Crippen molar-refractivity contribution in [2.24, 2.45) is 0 Å². The number of hydrogen-bond acceptors (Lipinski definition) is 5. The van der Waals surface area contributed by atoms with Crippen LogP contribution in [0.25, 0.3) is 11.0 Å². The molecule has 4 rings (SSSR count). The quantitative estimate of drug-likeness (QED) is 0.415. The van der Waals surface area contributed by atoms with E-state index in [-0.39, 0.29) is 17.4 Å². The first-order valence-electron chi connectivity index (χ1n) is 10.2. The molecule has 0 spiro atoms.